The molecule has 0 fully saturated rings. The van der Waals surface area contributed by atoms with Crippen molar-refractivity contribution in [1.82, 2.24) is 4.31 Å². The van der Waals surface area contributed by atoms with Crippen LogP contribution in [0.15, 0.2) is 47.4 Å². The van der Waals surface area contributed by atoms with Crippen LogP contribution in [0.25, 0.3) is 0 Å². The highest BCUT2D eigenvalue weighted by Gasteiger charge is 2.25. The molecule has 0 bridgehead atoms. The molecule has 0 aliphatic heterocycles. The van der Waals surface area contributed by atoms with Gasteiger partial charge in [-0.2, -0.15) is 4.31 Å². The van der Waals surface area contributed by atoms with Crippen LogP contribution in [0.5, 0.6) is 5.75 Å². The summed E-state index contributed by atoms with van der Waals surface area (Å²) < 4.78 is 32.3. The van der Waals surface area contributed by atoms with Crippen molar-refractivity contribution in [2.45, 2.75) is 25.7 Å². The molecule has 7 heteroatoms. The van der Waals surface area contributed by atoms with E-state index in [9.17, 15) is 13.2 Å². The van der Waals surface area contributed by atoms with Crippen LogP contribution in [-0.4, -0.2) is 45.9 Å². The average Bonchev–Trinajstić information content (AvgIpc) is 2.67. The molecule has 0 saturated carbocycles. The van der Waals surface area contributed by atoms with Gasteiger partial charge in [0, 0.05) is 25.8 Å². The third kappa shape index (κ3) is 4.31. The Bertz CT molecular complexity index is 921. The van der Waals surface area contributed by atoms with Gasteiger partial charge in [-0.25, -0.2) is 8.42 Å². The fraction of sp³-hybridized carbons (Fsp3) is 0.350. The lowest BCUT2D eigenvalue weighted by Gasteiger charge is -2.22. The molecule has 6 nitrogen and oxygen atoms in total. The number of aryl methyl sites for hydroxylation is 1. The highest BCUT2D eigenvalue weighted by molar-refractivity contribution is 7.89. The molecule has 2 aromatic carbocycles. The summed E-state index contributed by atoms with van der Waals surface area (Å²) in [7, 11) is -0.562. The van der Waals surface area contributed by atoms with Gasteiger partial charge in [0.1, 0.15) is 5.75 Å². The first-order valence-electron chi connectivity index (χ1n) is 8.79. The Balaban J connectivity index is 2.50. The summed E-state index contributed by atoms with van der Waals surface area (Å²) in [5.74, 6) is -0.00736. The van der Waals surface area contributed by atoms with Gasteiger partial charge in [-0.05, 0) is 42.8 Å². The number of benzene rings is 2. The van der Waals surface area contributed by atoms with Crippen LogP contribution in [0.1, 0.15) is 29.8 Å². The van der Waals surface area contributed by atoms with Crippen molar-refractivity contribution in [1.29, 1.82) is 0 Å². The lowest BCUT2D eigenvalue weighted by molar-refractivity contribution is 0.0990. The molecule has 2 rings (SSSR count). The number of nitrogens with zero attached hydrogens (tertiary/aromatic N) is 2. The molecule has 0 heterocycles. The van der Waals surface area contributed by atoms with Crippen molar-refractivity contribution < 1.29 is 17.9 Å². The minimum absolute atomic E-state index is 0.0768. The van der Waals surface area contributed by atoms with E-state index in [4.69, 9.17) is 4.74 Å². The van der Waals surface area contributed by atoms with Crippen molar-refractivity contribution in [3.05, 3.63) is 53.6 Å². The molecule has 0 unspecified atom stereocenters. The van der Waals surface area contributed by atoms with E-state index < -0.39 is 10.0 Å². The van der Waals surface area contributed by atoms with Crippen molar-refractivity contribution in [3.8, 4) is 5.75 Å². The van der Waals surface area contributed by atoms with Crippen LogP contribution in [0.3, 0.4) is 0 Å². The van der Waals surface area contributed by atoms with Crippen LogP contribution in [-0.2, 0) is 10.0 Å². The first-order valence-corrected chi connectivity index (χ1v) is 10.2. The Hall–Kier alpha value is -2.38. The lowest BCUT2D eigenvalue weighted by Crippen LogP contribution is -2.31. The number of anilines is 1. The van der Waals surface area contributed by atoms with Gasteiger partial charge in [0.25, 0.3) is 5.91 Å². The Morgan fingerprint density at radius 3 is 2.30 bits per heavy atom. The number of rotatable bonds is 7. The maximum atomic E-state index is 13.1. The number of amides is 1. The van der Waals surface area contributed by atoms with Crippen molar-refractivity contribution in [2.75, 3.05) is 32.1 Å². The van der Waals surface area contributed by atoms with Crippen LogP contribution >= 0.6 is 0 Å². The van der Waals surface area contributed by atoms with E-state index in [0.29, 0.717) is 18.8 Å². The Kier molecular flexibility index (Phi) is 6.62. The third-order valence-corrected chi connectivity index (χ3v) is 6.48. The fourth-order valence-electron chi connectivity index (χ4n) is 2.86. The molecule has 0 spiro atoms. The normalized spacial score (nSPS) is 11.5. The van der Waals surface area contributed by atoms with E-state index in [1.807, 2.05) is 31.2 Å². The molecule has 0 N–H and O–H groups in total. The molecule has 0 saturated heterocycles. The number of carbonyl (C=O) groups excluding carboxylic acids is 1. The number of hydrogen-bond acceptors (Lipinski definition) is 4. The molecule has 0 aromatic heterocycles. The molecule has 0 radical (unpaired) electrons. The molecular weight excluding hydrogens is 364 g/mol. The Labute approximate surface area is 161 Å². The Morgan fingerprint density at radius 2 is 1.74 bits per heavy atom. The summed E-state index contributed by atoms with van der Waals surface area (Å²) in [6, 6.07) is 11.9. The summed E-state index contributed by atoms with van der Waals surface area (Å²) in [6.45, 7) is 6.22. The molecule has 0 atom stereocenters. The number of carbonyl (C=O) groups is 1. The van der Waals surface area contributed by atoms with Crippen molar-refractivity contribution in [3.63, 3.8) is 0 Å². The second-order valence-corrected chi connectivity index (χ2v) is 8.09. The monoisotopic (exact) mass is 390 g/mol. The predicted octanol–water partition coefficient (Wildman–Crippen LogP) is 3.31. The van der Waals surface area contributed by atoms with Crippen LogP contribution in [0, 0.1) is 6.92 Å². The maximum Gasteiger partial charge on any atom is 0.261 e. The summed E-state index contributed by atoms with van der Waals surface area (Å²) in [6.07, 6.45) is 0. The lowest BCUT2D eigenvalue weighted by atomic mass is 10.1. The molecule has 27 heavy (non-hydrogen) atoms. The summed E-state index contributed by atoms with van der Waals surface area (Å²) >= 11 is 0. The number of sulfonamides is 1. The van der Waals surface area contributed by atoms with Gasteiger partial charge >= 0.3 is 0 Å². The first kappa shape index (κ1) is 20.9. The van der Waals surface area contributed by atoms with Gasteiger partial charge < -0.3 is 9.64 Å². The molecule has 2 aromatic rings. The van der Waals surface area contributed by atoms with Gasteiger partial charge in [0.05, 0.1) is 17.6 Å². The minimum Gasteiger partial charge on any atom is -0.496 e. The SMILES string of the molecule is CCN(CC)S(=O)(=O)c1ccc(OC)c(C(=O)N(C)c2cccc(C)c2)c1. The molecular formula is C20H26N2O4S. The molecule has 0 aliphatic rings. The van der Waals surface area contributed by atoms with Crippen LogP contribution in [0.4, 0.5) is 5.69 Å². The highest BCUT2D eigenvalue weighted by atomic mass is 32.2. The van der Waals surface area contributed by atoms with E-state index in [0.717, 1.165) is 11.3 Å². The van der Waals surface area contributed by atoms with Gasteiger partial charge in [-0.3, -0.25) is 4.79 Å². The first-order chi connectivity index (χ1) is 12.8. The summed E-state index contributed by atoms with van der Waals surface area (Å²) in [4.78, 5) is 14.6. The second-order valence-electron chi connectivity index (χ2n) is 6.15. The van der Waals surface area contributed by atoms with Gasteiger partial charge in [-0.1, -0.05) is 26.0 Å². The number of hydrogen-bond donors (Lipinski definition) is 0. The number of ether oxygens (including phenoxy) is 1. The summed E-state index contributed by atoms with van der Waals surface area (Å²) in [5.41, 5.74) is 1.95. The highest BCUT2D eigenvalue weighted by Crippen LogP contribution is 2.27. The maximum absolute atomic E-state index is 13.1. The average molecular weight is 391 g/mol. The van der Waals surface area contributed by atoms with Crippen LogP contribution in [0.2, 0.25) is 0 Å². The quantitative estimate of drug-likeness (QED) is 0.727. The van der Waals surface area contributed by atoms with E-state index in [-0.39, 0.29) is 16.4 Å². The zero-order chi connectivity index (χ0) is 20.2. The second kappa shape index (κ2) is 8.54. The van der Waals surface area contributed by atoms with Gasteiger partial charge in [-0.15, -0.1) is 0 Å². The summed E-state index contributed by atoms with van der Waals surface area (Å²) in [5, 5.41) is 0. The standard InChI is InChI=1S/C20H26N2O4S/c1-6-22(7-2)27(24,25)17-11-12-19(26-5)18(14-17)20(23)21(4)16-10-8-9-15(3)13-16/h8-14H,6-7H2,1-5H3. The van der Waals surface area contributed by atoms with E-state index in [2.05, 4.69) is 0 Å². The zero-order valence-electron chi connectivity index (χ0n) is 16.4. The van der Waals surface area contributed by atoms with E-state index in [1.54, 1.807) is 20.9 Å². The van der Waals surface area contributed by atoms with E-state index in [1.165, 1.54) is 34.5 Å². The van der Waals surface area contributed by atoms with Crippen molar-refractivity contribution in [2.24, 2.45) is 0 Å². The zero-order valence-corrected chi connectivity index (χ0v) is 17.2. The largest absolute Gasteiger partial charge is 0.496 e. The van der Waals surface area contributed by atoms with Crippen LogP contribution < -0.4 is 9.64 Å². The van der Waals surface area contributed by atoms with Gasteiger partial charge in [0.15, 0.2) is 0 Å². The predicted molar refractivity (Wildman–Crippen MR) is 107 cm³/mol. The third-order valence-electron chi connectivity index (χ3n) is 4.44. The Morgan fingerprint density at radius 1 is 1.07 bits per heavy atom. The fourth-order valence-corrected chi connectivity index (χ4v) is 4.35. The smallest absolute Gasteiger partial charge is 0.261 e. The molecule has 146 valence electrons. The topological polar surface area (TPSA) is 66.9 Å². The molecule has 1 amide bonds. The van der Waals surface area contributed by atoms with E-state index >= 15 is 0 Å². The van der Waals surface area contributed by atoms with Crippen molar-refractivity contribution >= 4 is 21.6 Å². The number of methoxy groups -OCH3 is 1. The van der Waals surface area contributed by atoms with Gasteiger partial charge in [0.2, 0.25) is 10.0 Å². The minimum atomic E-state index is -3.67. The molecule has 0 aliphatic carbocycles.